The lowest BCUT2D eigenvalue weighted by Crippen LogP contribution is -2.06. The minimum Gasteiger partial charge on any atom is -0.326 e. The predicted molar refractivity (Wildman–Crippen MR) is 80.5 cm³/mol. The van der Waals surface area contributed by atoms with Crippen LogP contribution in [0.4, 0.5) is 10.1 Å². The summed E-state index contributed by atoms with van der Waals surface area (Å²) < 4.78 is 13.4. The number of anilines is 1. The molecular weight excluding hydrogens is 269 g/mol. The van der Waals surface area contributed by atoms with Gasteiger partial charge in [0.25, 0.3) is 0 Å². The first kappa shape index (κ1) is 14.7. The van der Waals surface area contributed by atoms with Gasteiger partial charge in [0.05, 0.1) is 0 Å². The minimum absolute atomic E-state index is 0.207. The van der Waals surface area contributed by atoms with Gasteiger partial charge in [-0.3, -0.25) is 9.59 Å². The summed E-state index contributed by atoms with van der Waals surface area (Å²) in [7, 11) is 0. The van der Waals surface area contributed by atoms with Crippen LogP contribution in [0.5, 0.6) is 0 Å². The molecule has 0 aliphatic rings. The largest absolute Gasteiger partial charge is 0.326 e. The van der Waals surface area contributed by atoms with Crippen molar-refractivity contribution in [3.8, 4) is 0 Å². The van der Waals surface area contributed by atoms with Crippen LogP contribution >= 0.6 is 0 Å². The van der Waals surface area contributed by atoms with Gasteiger partial charge in [0.1, 0.15) is 5.82 Å². The number of ketones is 1. The molecule has 0 aromatic heterocycles. The van der Waals surface area contributed by atoms with Crippen LogP contribution in [0.3, 0.4) is 0 Å². The standard InChI is InChI=1S/C17H14FNO2/c1-12(20)19-15-7-4-6-14(11-15)17(21)10-9-13-5-2-3-8-16(13)18/h2-11H,1H3,(H,19,20). The van der Waals surface area contributed by atoms with Crippen molar-refractivity contribution in [2.24, 2.45) is 0 Å². The van der Waals surface area contributed by atoms with Crippen LogP contribution in [0.2, 0.25) is 0 Å². The molecule has 2 aromatic carbocycles. The number of allylic oxidation sites excluding steroid dienone is 1. The highest BCUT2D eigenvalue weighted by Gasteiger charge is 2.04. The second-order valence-corrected chi connectivity index (χ2v) is 4.48. The Morgan fingerprint density at radius 2 is 1.86 bits per heavy atom. The Balaban J connectivity index is 2.17. The lowest BCUT2D eigenvalue weighted by Gasteiger charge is -2.03. The van der Waals surface area contributed by atoms with E-state index >= 15 is 0 Å². The molecule has 0 unspecified atom stereocenters. The number of halogens is 1. The normalized spacial score (nSPS) is 10.6. The summed E-state index contributed by atoms with van der Waals surface area (Å²) in [6.45, 7) is 1.40. The number of amides is 1. The van der Waals surface area contributed by atoms with Crippen LogP contribution < -0.4 is 5.32 Å². The summed E-state index contributed by atoms with van der Waals surface area (Å²) in [6.07, 6.45) is 2.74. The maximum Gasteiger partial charge on any atom is 0.221 e. The van der Waals surface area contributed by atoms with Gasteiger partial charge in [-0.2, -0.15) is 0 Å². The number of benzene rings is 2. The third-order valence-electron chi connectivity index (χ3n) is 2.79. The van der Waals surface area contributed by atoms with Crippen LogP contribution in [0.15, 0.2) is 54.6 Å². The summed E-state index contributed by atoms with van der Waals surface area (Å²) in [4.78, 5) is 23.0. The Morgan fingerprint density at radius 3 is 2.57 bits per heavy atom. The molecule has 3 nitrogen and oxygen atoms in total. The number of nitrogens with one attached hydrogen (secondary N) is 1. The van der Waals surface area contributed by atoms with Crippen molar-refractivity contribution < 1.29 is 14.0 Å². The van der Waals surface area contributed by atoms with Crippen molar-refractivity contribution in [1.82, 2.24) is 0 Å². The van der Waals surface area contributed by atoms with Crippen molar-refractivity contribution in [2.45, 2.75) is 6.92 Å². The van der Waals surface area contributed by atoms with Gasteiger partial charge in [-0.25, -0.2) is 4.39 Å². The second kappa shape index (κ2) is 6.61. The van der Waals surface area contributed by atoms with E-state index in [0.29, 0.717) is 16.8 Å². The molecule has 0 radical (unpaired) electrons. The molecular formula is C17H14FNO2. The molecule has 0 aliphatic heterocycles. The van der Waals surface area contributed by atoms with E-state index in [2.05, 4.69) is 5.32 Å². The van der Waals surface area contributed by atoms with E-state index in [1.54, 1.807) is 42.5 Å². The van der Waals surface area contributed by atoms with E-state index < -0.39 is 0 Å². The van der Waals surface area contributed by atoms with Gasteiger partial charge in [-0.15, -0.1) is 0 Å². The fraction of sp³-hybridized carbons (Fsp3) is 0.0588. The average molecular weight is 283 g/mol. The molecule has 0 spiro atoms. The molecule has 0 fully saturated rings. The van der Waals surface area contributed by atoms with Crippen molar-refractivity contribution in [2.75, 3.05) is 5.32 Å². The van der Waals surface area contributed by atoms with E-state index in [1.165, 1.54) is 25.1 Å². The topological polar surface area (TPSA) is 46.2 Å². The molecule has 0 heterocycles. The van der Waals surface area contributed by atoms with Gasteiger partial charge >= 0.3 is 0 Å². The summed E-state index contributed by atoms with van der Waals surface area (Å²) in [6, 6.07) is 12.8. The van der Waals surface area contributed by atoms with Gasteiger partial charge in [-0.1, -0.05) is 30.3 Å². The number of carbonyl (C=O) groups excluding carboxylic acids is 2. The molecule has 0 saturated carbocycles. The SMILES string of the molecule is CC(=O)Nc1cccc(C(=O)C=Cc2ccccc2F)c1. The lowest BCUT2D eigenvalue weighted by molar-refractivity contribution is -0.114. The van der Waals surface area contributed by atoms with Gasteiger partial charge in [0.15, 0.2) is 5.78 Å². The summed E-state index contributed by atoms with van der Waals surface area (Å²) in [5, 5.41) is 2.61. The third-order valence-corrected chi connectivity index (χ3v) is 2.79. The van der Waals surface area contributed by atoms with E-state index in [0.717, 1.165) is 0 Å². The van der Waals surface area contributed by atoms with Crippen molar-refractivity contribution in [3.63, 3.8) is 0 Å². The number of carbonyl (C=O) groups is 2. The van der Waals surface area contributed by atoms with E-state index in [1.807, 2.05) is 0 Å². The summed E-state index contributed by atoms with van der Waals surface area (Å²) in [5.74, 6) is -0.847. The van der Waals surface area contributed by atoms with Crippen LogP contribution in [-0.4, -0.2) is 11.7 Å². The van der Waals surface area contributed by atoms with E-state index in [9.17, 15) is 14.0 Å². The van der Waals surface area contributed by atoms with Gasteiger partial charge in [-0.05, 0) is 30.4 Å². The van der Waals surface area contributed by atoms with E-state index in [-0.39, 0.29) is 17.5 Å². The Kier molecular flexibility index (Phi) is 4.61. The molecule has 4 heteroatoms. The Bertz CT molecular complexity index is 707. The average Bonchev–Trinajstić information content (AvgIpc) is 2.45. The first-order valence-electron chi connectivity index (χ1n) is 6.41. The molecule has 2 aromatic rings. The summed E-state index contributed by atoms with van der Waals surface area (Å²) in [5.41, 5.74) is 1.32. The maximum atomic E-state index is 13.4. The number of rotatable bonds is 4. The smallest absolute Gasteiger partial charge is 0.221 e. The summed E-state index contributed by atoms with van der Waals surface area (Å²) >= 11 is 0. The zero-order valence-corrected chi connectivity index (χ0v) is 11.5. The van der Waals surface area contributed by atoms with Gasteiger partial charge in [0.2, 0.25) is 5.91 Å². The molecule has 106 valence electrons. The van der Waals surface area contributed by atoms with Crippen molar-refractivity contribution >= 4 is 23.5 Å². The number of hydrogen-bond donors (Lipinski definition) is 1. The number of hydrogen-bond acceptors (Lipinski definition) is 2. The van der Waals surface area contributed by atoms with Crippen molar-refractivity contribution in [1.29, 1.82) is 0 Å². The van der Waals surface area contributed by atoms with Crippen LogP contribution in [0.25, 0.3) is 6.08 Å². The highest BCUT2D eigenvalue weighted by molar-refractivity contribution is 6.07. The second-order valence-electron chi connectivity index (χ2n) is 4.48. The van der Waals surface area contributed by atoms with Crippen LogP contribution in [0.1, 0.15) is 22.8 Å². The first-order chi connectivity index (χ1) is 10.1. The lowest BCUT2D eigenvalue weighted by atomic mass is 10.1. The quantitative estimate of drug-likeness (QED) is 0.687. The van der Waals surface area contributed by atoms with Crippen LogP contribution in [-0.2, 0) is 4.79 Å². The van der Waals surface area contributed by atoms with Crippen molar-refractivity contribution in [3.05, 3.63) is 71.6 Å². The molecule has 21 heavy (non-hydrogen) atoms. The molecule has 0 aliphatic carbocycles. The highest BCUT2D eigenvalue weighted by Crippen LogP contribution is 2.13. The molecule has 0 saturated heterocycles. The molecule has 0 atom stereocenters. The fourth-order valence-corrected chi connectivity index (χ4v) is 1.83. The highest BCUT2D eigenvalue weighted by atomic mass is 19.1. The fourth-order valence-electron chi connectivity index (χ4n) is 1.83. The molecule has 1 N–H and O–H groups in total. The Hall–Kier alpha value is -2.75. The zero-order valence-electron chi connectivity index (χ0n) is 11.5. The minimum atomic E-state index is -0.381. The van der Waals surface area contributed by atoms with E-state index in [4.69, 9.17) is 0 Å². The Labute approximate surface area is 122 Å². The predicted octanol–water partition coefficient (Wildman–Crippen LogP) is 3.68. The van der Waals surface area contributed by atoms with Crippen LogP contribution in [0, 0.1) is 5.82 Å². The molecule has 2 rings (SSSR count). The monoisotopic (exact) mass is 283 g/mol. The first-order valence-corrected chi connectivity index (χ1v) is 6.41. The molecule has 1 amide bonds. The van der Waals surface area contributed by atoms with Gasteiger partial charge in [0, 0.05) is 23.7 Å². The Morgan fingerprint density at radius 1 is 1.10 bits per heavy atom. The molecule has 0 bridgehead atoms. The maximum absolute atomic E-state index is 13.4. The zero-order chi connectivity index (χ0) is 15.2. The third kappa shape index (κ3) is 4.11. The van der Waals surface area contributed by atoms with Gasteiger partial charge < -0.3 is 5.32 Å².